The fraction of sp³-hybridized carbons (Fsp3) is 0.500. The average molecular weight is 261 g/mol. The minimum absolute atomic E-state index is 0.278. The van der Waals surface area contributed by atoms with E-state index in [-0.39, 0.29) is 6.04 Å². The predicted molar refractivity (Wildman–Crippen MR) is 71.4 cm³/mol. The number of hydrogen-bond donors (Lipinski definition) is 1. The smallest absolute Gasteiger partial charge is 0.0484 e. The maximum atomic E-state index is 6.22. The Kier molecular flexibility index (Phi) is 5.56. The van der Waals surface area contributed by atoms with Gasteiger partial charge in [0.05, 0.1) is 0 Å². The highest BCUT2D eigenvalue weighted by atomic mass is 35.5. The van der Waals surface area contributed by atoms with Crippen molar-refractivity contribution >= 4 is 23.2 Å². The molecule has 0 saturated heterocycles. The molecule has 90 valence electrons. The quantitative estimate of drug-likeness (QED) is 0.875. The van der Waals surface area contributed by atoms with Crippen molar-refractivity contribution < 1.29 is 0 Å². The van der Waals surface area contributed by atoms with Crippen LogP contribution in [0.5, 0.6) is 0 Å². The van der Waals surface area contributed by atoms with E-state index >= 15 is 0 Å². The van der Waals surface area contributed by atoms with E-state index in [9.17, 15) is 0 Å². The first-order valence-corrected chi connectivity index (χ1v) is 6.15. The molecule has 1 unspecified atom stereocenters. The van der Waals surface area contributed by atoms with Crippen LogP contribution in [0.4, 0.5) is 0 Å². The van der Waals surface area contributed by atoms with Crippen LogP contribution in [0.3, 0.4) is 0 Å². The second-order valence-electron chi connectivity index (χ2n) is 3.81. The topological polar surface area (TPSA) is 15.3 Å². The Labute approximate surface area is 108 Å². The van der Waals surface area contributed by atoms with Crippen LogP contribution in [0.15, 0.2) is 18.2 Å². The van der Waals surface area contributed by atoms with Crippen molar-refractivity contribution in [1.82, 2.24) is 10.2 Å². The van der Waals surface area contributed by atoms with Crippen molar-refractivity contribution in [3.05, 3.63) is 33.8 Å². The Balaban J connectivity index is 3.00. The highest BCUT2D eigenvalue weighted by Crippen LogP contribution is 2.28. The first-order chi connectivity index (χ1) is 7.60. The first kappa shape index (κ1) is 13.8. The van der Waals surface area contributed by atoms with Gasteiger partial charge in [0.15, 0.2) is 0 Å². The number of halogens is 2. The van der Waals surface area contributed by atoms with Gasteiger partial charge in [0.2, 0.25) is 0 Å². The highest BCUT2D eigenvalue weighted by Gasteiger charge is 2.17. The second kappa shape index (κ2) is 6.45. The van der Waals surface area contributed by atoms with Crippen LogP contribution in [-0.2, 0) is 0 Å². The summed E-state index contributed by atoms with van der Waals surface area (Å²) < 4.78 is 0. The van der Waals surface area contributed by atoms with Crippen LogP contribution in [0, 0.1) is 0 Å². The SMILES string of the molecule is CCN(C)C(CNC)c1ccc(Cl)cc1Cl. The summed E-state index contributed by atoms with van der Waals surface area (Å²) in [5, 5.41) is 4.60. The molecule has 0 aliphatic carbocycles. The van der Waals surface area contributed by atoms with Gasteiger partial charge in [0.1, 0.15) is 0 Å². The summed E-state index contributed by atoms with van der Waals surface area (Å²) in [6, 6.07) is 5.96. The molecule has 0 aliphatic heterocycles. The number of nitrogens with zero attached hydrogens (tertiary/aromatic N) is 1. The molecule has 4 heteroatoms. The molecule has 0 radical (unpaired) electrons. The summed E-state index contributed by atoms with van der Waals surface area (Å²) in [5.41, 5.74) is 1.12. The van der Waals surface area contributed by atoms with Crippen molar-refractivity contribution in [2.24, 2.45) is 0 Å². The fourth-order valence-corrected chi connectivity index (χ4v) is 2.22. The Morgan fingerprint density at radius 2 is 2.06 bits per heavy atom. The van der Waals surface area contributed by atoms with E-state index in [0.29, 0.717) is 5.02 Å². The molecule has 0 bridgehead atoms. The van der Waals surface area contributed by atoms with Crippen molar-refractivity contribution in [2.75, 3.05) is 27.2 Å². The van der Waals surface area contributed by atoms with E-state index in [1.165, 1.54) is 0 Å². The molecule has 2 nitrogen and oxygen atoms in total. The molecular formula is C12H18Cl2N2. The molecule has 0 aliphatic rings. The van der Waals surface area contributed by atoms with Gasteiger partial charge < -0.3 is 5.32 Å². The molecule has 0 fully saturated rings. The van der Waals surface area contributed by atoms with Crippen LogP contribution >= 0.6 is 23.2 Å². The van der Waals surface area contributed by atoms with Gasteiger partial charge >= 0.3 is 0 Å². The van der Waals surface area contributed by atoms with Crippen LogP contribution in [0.2, 0.25) is 10.0 Å². The van der Waals surface area contributed by atoms with E-state index < -0.39 is 0 Å². The normalized spacial score (nSPS) is 13.1. The lowest BCUT2D eigenvalue weighted by Gasteiger charge is -2.28. The van der Waals surface area contributed by atoms with E-state index in [4.69, 9.17) is 23.2 Å². The van der Waals surface area contributed by atoms with Crippen LogP contribution in [-0.4, -0.2) is 32.1 Å². The summed E-state index contributed by atoms with van der Waals surface area (Å²) in [5.74, 6) is 0. The third-order valence-electron chi connectivity index (χ3n) is 2.75. The van der Waals surface area contributed by atoms with Gasteiger partial charge in [0, 0.05) is 22.6 Å². The lowest BCUT2D eigenvalue weighted by molar-refractivity contribution is 0.254. The molecule has 1 aromatic carbocycles. The third kappa shape index (κ3) is 3.36. The van der Waals surface area contributed by atoms with E-state index in [1.54, 1.807) is 6.07 Å². The largest absolute Gasteiger partial charge is 0.318 e. The second-order valence-corrected chi connectivity index (χ2v) is 4.66. The Morgan fingerprint density at radius 1 is 1.38 bits per heavy atom. The van der Waals surface area contributed by atoms with Gasteiger partial charge in [-0.2, -0.15) is 0 Å². The molecule has 0 spiro atoms. The number of nitrogens with one attached hydrogen (secondary N) is 1. The summed E-state index contributed by atoms with van der Waals surface area (Å²) in [4.78, 5) is 2.26. The zero-order valence-electron chi connectivity index (χ0n) is 9.93. The van der Waals surface area contributed by atoms with Crippen LogP contribution < -0.4 is 5.32 Å². The summed E-state index contributed by atoms with van der Waals surface area (Å²) in [7, 11) is 4.03. The average Bonchev–Trinajstić information content (AvgIpc) is 2.26. The third-order valence-corrected chi connectivity index (χ3v) is 3.31. The minimum atomic E-state index is 0.278. The maximum absolute atomic E-state index is 6.22. The van der Waals surface area contributed by atoms with Gasteiger partial charge in [-0.3, -0.25) is 4.90 Å². The molecule has 0 aromatic heterocycles. The molecule has 0 saturated carbocycles. The highest BCUT2D eigenvalue weighted by molar-refractivity contribution is 6.35. The minimum Gasteiger partial charge on any atom is -0.318 e. The fourth-order valence-electron chi connectivity index (χ4n) is 1.69. The number of hydrogen-bond acceptors (Lipinski definition) is 2. The number of rotatable bonds is 5. The maximum Gasteiger partial charge on any atom is 0.0484 e. The summed E-state index contributed by atoms with van der Waals surface area (Å²) in [6.45, 7) is 3.98. The summed E-state index contributed by atoms with van der Waals surface area (Å²) >= 11 is 12.1. The number of likely N-dealkylation sites (N-methyl/N-ethyl adjacent to an activating group) is 2. The molecule has 1 rings (SSSR count). The molecule has 0 heterocycles. The van der Waals surface area contributed by atoms with Crippen molar-refractivity contribution in [3.63, 3.8) is 0 Å². The standard InChI is InChI=1S/C12H18Cl2N2/c1-4-16(3)12(8-15-2)10-6-5-9(13)7-11(10)14/h5-7,12,15H,4,8H2,1-3H3. The van der Waals surface area contributed by atoms with Gasteiger partial charge in [-0.05, 0) is 38.3 Å². The predicted octanol–water partition coefficient (Wildman–Crippen LogP) is 3.21. The van der Waals surface area contributed by atoms with Crippen molar-refractivity contribution in [2.45, 2.75) is 13.0 Å². The lowest BCUT2D eigenvalue weighted by Crippen LogP contribution is -2.32. The van der Waals surface area contributed by atoms with Crippen LogP contribution in [0.25, 0.3) is 0 Å². The Morgan fingerprint density at radius 3 is 2.56 bits per heavy atom. The lowest BCUT2D eigenvalue weighted by atomic mass is 10.1. The van der Waals surface area contributed by atoms with Gasteiger partial charge in [-0.25, -0.2) is 0 Å². The van der Waals surface area contributed by atoms with Crippen molar-refractivity contribution in [1.29, 1.82) is 0 Å². The molecule has 0 amide bonds. The van der Waals surface area contributed by atoms with E-state index in [0.717, 1.165) is 23.7 Å². The van der Waals surface area contributed by atoms with E-state index in [1.807, 2.05) is 19.2 Å². The summed E-state index contributed by atoms with van der Waals surface area (Å²) in [6.07, 6.45) is 0. The number of benzene rings is 1. The molecule has 1 N–H and O–H groups in total. The first-order valence-electron chi connectivity index (χ1n) is 5.40. The zero-order chi connectivity index (χ0) is 12.1. The van der Waals surface area contributed by atoms with Crippen molar-refractivity contribution in [3.8, 4) is 0 Å². The molecule has 1 aromatic rings. The molecule has 16 heavy (non-hydrogen) atoms. The monoisotopic (exact) mass is 260 g/mol. The van der Waals surface area contributed by atoms with Gasteiger partial charge in [0.25, 0.3) is 0 Å². The zero-order valence-corrected chi connectivity index (χ0v) is 11.4. The van der Waals surface area contributed by atoms with Gasteiger partial charge in [-0.15, -0.1) is 0 Å². The molecule has 1 atom stereocenters. The Hall–Kier alpha value is -0.280. The molecular weight excluding hydrogens is 243 g/mol. The Bertz CT molecular complexity index is 342. The van der Waals surface area contributed by atoms with Gasteiger partial charge in [-0.1, -0.05) is 36.2 Å². The van der Waals surface area contributed by atoms with Crippen LogP contribution in [0.1, 0.15) is 18.5 Å². The van der Waals surface area contributed by atoms with E-state index in [2.05, 4.69) is 24.2 Å².